The van der Waals surface area contributed by atoms with E-state index in [0.717, 1.165) is 42.6 Å². The normalized spacial score (nSPS) is 20.5. The van der Waals surface area contributed by atoms with E-state index in [1.165, 1.54) is 4.31 Å². The van der Waals surface area contributed by atoms with Crippen LogP contribution in [0.4, 0.5) is 10.5 Å². The van der Waals surface area contributed by atoms with Gasteiger partial charge in [-0.25, -0.2) is 13.2 Å². The molecular weight excluding hydrogens is 456 g/mol. The maximum atomic E-state index is 13.1. The summed E-state index contributed by atoms with van der Waals surface area (Å²) in [5.41, 5.74) is 0.500. The van der Waals surface area contributed by atoms with Gasteiger partial charge in [0.1, 0.15) is 12.1 Å². The Morgan fingerprint density at radius 2 is 1.71 bits per heavy atom. The predicted molar refractivity (Wildman–Crippen MR) is 128 cm³/mol. The van der Waals surface area contributed by atoms with Crippen LogP contribution in [0.3, 0.4) is 0 Å². The number of sulfonamides is 1. The number of hydrogen-bond acceptors (Lipinski definition) is 5. The van der Waals surface area contributed by atoms with E-state index in [2.05, 4.69) is 5.32 Å². The highest BCUT2D eigenvalue weighted by Crippen LogP contribution is 2.33. The van der Waals surface area contributed by atoms with E-state index < -0.39 is 21.6 Å². The van der Waals surface area contributed by atoms with Gasteiger partial charge in [-0.3, -0.25) is 14.5 Å². The molecule has 0 unspecified atom stereocenters. The van der Waals surface area contributed by atoms with Crippen molar-refractivity contribution >= 4 is 33.6 Å². The molecule has 0 saturated carbocycles. The number of carbonyl (C=O) groups excluding carboxylic acids is 3. The Labute approximate surface area is 201 Å². The number of piperidine rings is 1. The number of rotatable bonds is 8. The molecule has 186 valence electrons. The molecular formula is C24H34N4O5S. The lowest BCUT2D eigenvalue weighted by Gasteiger charge is -2.26. The van der Waals surface area contributed by atoms with Gasteiger partial charge < -0.3 is 10.2 Å². The first-order valence-electron chi connectivity index (χ1n) is 12.3. The summed E-state index contributed by atoms with van der Waals surface area (Å²) in [6.07, 6.45) is 5.88. The van der Waals surface area contributed by atoms with Crippen molar-refractivity contribution in [2.24, 2.45) is 0 Å². The van der Waals surface area contributed by atoms with E-state index in [0.29, 0.717) is 44.6 Å². The topological polar surface area (TPSA) is 107 Å². The number of imide groups is 1. The first-order valence-corrected chi connectivity index (χ1v) is 13.7. The number of anilines is 1. The minimum atomic E-state index is -3.55. The van der Waals surface area contributed by atoms with Crippen LogP contribution in [-0.2, 0) is 26.0 Å². The average Bonchev–Trinajstić information content (AvgIpc) is 3.34. The Morgan fingerprint density at radius 1 is 1.03 bits per heavy atom. The molecule has 9 nitrogen and oxygen atoms in total. The molecule has 10 heteroatoms. The van der Waals surface area contributed by atoms with Gasteiger partial charge in [0, 0.05) is 25.3 Å². The Balaban J connectivity index is 1.50. The number of carbonyl (C=O) groups is 3. The fourth-order valence-electron chi connectivity index (χ4n) is 5.41. The lowest BCUT2D eigenvalue weighted by molar-refractivity contribution is -0.134. The number of hydrogen-bond donors (Lipinski definition) is 1. The molecule has 2 fully saturated rings. The SMILES string of the molecule is CCCC1(CCC)NC(=O)N(CC(=O)N2CCc3cc(S(=O)(=O)N4CCCCC4)ccc32)C1=O. The van der Waals surface area contributed by atoms with Crippen LogP contribution in [0.5, 0.6) is 0 Å². The van der Waals surface area contributed by atoms with Gasteiger partial charge in [0.15, 0.2) is 0 Å². The van der Waals surface area contributed by atoms with Gasteiger partial charge >= 0.3 is 6.03 Å². The van der Waals surface area contributed by atoms with Crippen LogP contribution < -0.4 is 10.2 Å². The number of fused-ring (bicyclic) bond motifs is 1. The highest BCUT2D eigenvalue weighted by Gasteiger charge is 2.50. The summed E-state index contributed by atoms with van der Waals surface area (Å²) >= 11 is 0. The van der Waals surface area contributed by atoms with Gasteiger partial charge in [0.25, 0.3) is 5.91 Å². The van der Waals surface area contributed by atoms with Crippen molar-refractivity contribution in [1.82, 2.24) is 14.5 Å². The third kappa shape index (κ3) is 4.33. The monoisotopic (exact) mass is 490 g/mol. The second-order valence-electron chi connectivity index (χ2n) is 9.45. The van der Waals surface area contributed by atoms with Crippen molar-refractivity contribution in [3.63, 3.8) is 0 Å². The predicted octanol–water partition coefficient (Wildman–Crippen LogP) is 2.64. The van der Waals surface area contributed by atoms with Crippen molar-refractivity contribution in [3.05, 3.63) is 23.8 Å². The zero-order valence-electron chi connectivity index (χ0n) is 20.0. The molecule has 2 saturated heterocycles. The van der Waals surface area contributed by atoms with Gasteiger partial charge in [-0.2, -0.15) is 4.31 Å². The quantitative estimate of drug-likeness (QED) is 0.564. The maximum Gasteiger partial charge on any atom is 0.325 e. The van der Waals surface area contributed by atoms with Crippen LogP contribution in [0.25, 0.3) is 0 Å². The summed E-state index contributed by atoms with van der Waals surface area (Å²) in [5.74, 6) is -0.686. The number of nitrogens with one attached hydrogen (secondary N) is 1. The Kier molecular flexibility index (Phi) is 7.00. The Morgan fingerprint density at radius 3 is 2.35 bits per heavy atom. The minimum absolute atomic E-state index is 0.250. The molecule has 4 rings (SSSR count). The molecule has 0 aromatic heterocycles. The number of nitrogens with zero attached hydrogens (tertiary/aromatic N) is 3. The van der Waals surface area contributed by atoms with Gasteiger partial charge in [0.05, 0.1) is 4.90 Å². The zero-order chi connectivity index (χ0) is 24.5. The van der Waals surface area contributed by atoms with Crippen LogP contribution in [0.15, 0.2) is 23.1 Å². The summed E-state index contributed by atoms with van der Waals surface area (Å²) in [6, 6.07) is 4.35. The van der Waals surface area contributed by atoms with Crippen molar-refractivity contribution in [1.29, 1.82) is 0 Å². The lowest BCUT2D eigenvalue weighted by Crippen LogP contribution is -2.47. The molecule has 0 aliphatic carbocycles. The molecule has 0 spiro atoms. The maximum absolute atomic E-state index is 13.1. The van der Waals surface area contributed by atoms with Crippen LogP contribution in [-0.4, -0.2) is 67.2 Å². The molecule has 3 aliphatic heterocycles. The smallest absolute Gasteiger partial charge is 0.323 e. The molecule has 1 aromatic rings. The summed E-state index contributed by atoms with van der Waals surface area (Å²) in [4.78, 5) is 41.7. The van der Waals surface area contributed by atoms with Crippen LogP contribution in [0, 0.1) is 0 Å². The van der Waals surface area contributed by atoms with E-state index in [1.807, 2.05) is 13.8 Å². The molecule has 1 N–H and O–H groups in total. The van der Waals surface area contributed by atoms with Crippen LogP contribution in [0.2, 0.25) is 0 Å². The second kappa shape index (κ2) is 9.65. The first kappa shape index (κ1) is 24.7. The summed E-state index contributed by atoms with van der Waals surface area (Å²) < 4.78 is 27.6. The Bertz CT molecular complexity index is 1070. The molecule has 3 heterocycles. The highest BCUT2D eigenvalue weighted by molar-refractivity contribution is 7.89. The Hall–Kier alpha value is -2.46. The number of benzene rings is 1. The fourth-order valence-corrected chi connectivity index (χ4v) is 6.98. The van der Waals surface area contributed by atoms with E-state index in [-0.39, 0.29) is 23.3 Å². The largest absolute Gasteiger partial charge is 0.325 e. The van der Waals surface area contributed by atoms with Crippen molar-refractivity contribution in [2.45, 2.75) is 75.6 Å². The number of urea groups is 1. The molecule has 3 aliphatic rings. The van der Waals surface area contributed by atoms with E-state index in [4.69, 9.17) is 0 Å². The van der Waals surface area contributed by atoms with E-state index in [9.17, 15) is 22.8 Å². The zero-order valence-corrected chi connectivity index (χ0v) is 20.8. The summed E-state index contributed by atoms with van der Waals surface area (Å²) in [5, 5.41) is 2.83. The first-order chi connectivity index (χ1) is 16.2. The molecule has 0 atom stereocenters. The molecule has 1 aromatic carbocycles. The minimum Gasteiger partial charge on any atom is -0.323 e. The van der Waals surface area contributed by atoms with Crippen molar-refractivity contribution in [3.8, 4) is 0 Å². The standard InChI is InChI=1S/C24H34N4O5S/c1-3-11-24(12-4-2)22(30)28(23(31)25-24)17-21(29)27-15-10-18-16-19(8-9-20(18)27)34(32,33)26-13-6-5-7-14-26/h8-9,16H,3-7,10-15,17H2,1-2H3,(H,25,31). The van der Waals surface area contributed by atoms with E-state index in [1.54, 1.807) is 23.1 Å². The van der Waals surface area contributed by atoms with Crippen LogP contribution in [0.1, 0.15) is 64.4 Å². The molecule has 34 heavy (non-hydrogen) atoms. The average molecular weight is 491 g/mol. The van der Waals surface area contributed by atoms with Gasteiger partial charge in [-0.15, -0.1) is 0 Å². The molecule has 4 amide bonds. The highest BCUT2D eigenvalue weighted by atomic mass is 32.2. The van der Waals surface area contributed by atoms with E-state index >= 15 is 0 Å². The van der Waals surface area contributed by atoms with Gasteiger partial charge in [0.2, 0.25) is 15.9 Å². The summed E-state index contributed by atoms with van der Waals surface area (Å²) in [6.45, 7) is 5.06. The lowest BCUT2D eigenvalue weighted by atomic mass is 9.88. The second-order valence-corrected chi connectivity index (χ2v) is 11.4. The molecule has 0 bridgehead atoms. The van der Waals surface area contributed by atoms with Crippen LogP contribution >= 0.6 is 0 Å². The number of amides is 4. The van der Waals surface area contributed by atoms with Crippen molar-refractivity contribution in [2.75, 3.05) is 31.1 Å². The fraction of sp³-hybridized carbons (Fsp3) is 0.625. The molecule has 0 radical (unpaired) electrons. The summed E-state index contributed by atoms with van der Waals surface area (Å²) in [7, 11) is -3.55. The van der Waals surface area contributed by atoms with Gasteiger partial charge in [-0.1, -0.05) is 33.1 Å². The third-order valence-corrected chi connectivity index (χ3v) is 8.99. The van der Waals surface area contributed by atoms with Gasteiger partial charge in [-0.05, 0) is 55.9 Å². The van der Waals surface area contributed by atoms with Crippen molar-refractivity contribution < 1.29 is 22.8 Å². The third-order valence-electron chi connectivity index (χ3n) is 7.09.